The average Bonchev–Trinajstić information content (AvgIpc) is 2.43. The molecule has 0 N–H and O–H groups in total. The highest BCUT2D eigenvalue weighted by Gasteiger charge is 2.01. The fraction of sp³-hybridized carbons (Fsp3) is 0.842. The number of hydrogen-bond acceptors (Lipinski definition) is 2. The molecule has 0 aromatic heterocycles. The van der Waals surface area contributed by atoms with Crippen molar-refractivity contribution in [2.75, 3.05) is 6.61 Å². The predicted octanol–water partition coefficient (Wildman–Crippen LogP) is 6.05. The highest BCUT2D eigenvalue weighted by molar-refractivity contribution is 5.86. The molecule has 0 spiro atoms. The van der Waals surface area contributed by atoms with Crippen LogP contribution in [0.1, 0.15) is 91.4 Å². The molecule has 0 radical (unpaired) electrons. The van der Waals surface area contributed by atoms with Gasteiger partial charge in [-0.2, -0.15) is 0 Å². The lowest BCUT2D eigenvalue weighted by atomic mass is 10.0. The molecule has 0 atom stereocenters. The number of carbonyl (C=O) groups excluding carboxylic acids is 1. The Morgan fingerprint density at radius 2 is 1.29 bits per heavy atom. The summed E-state index contributed by atoms with van der Waals surface area (Å²) in [6.07, 6.45) is 14.5. The quantitative estimate of drug-likeness (QED) is 0.221. The molecule has 124 valence electrons. The van der Waals surface area contributed by atoms with Gasteiger partial charge in [-0.25, -0.2) is 4.79 Å². The van der Waals surface area contributed by atoms with Crippen LogP contribution in [0.5, 0.6) is 0 Å². The van der Waals surface area contributed by atoms with Crippen LogP contribution in [0.25, 0.3) is 0 Å². The molecule has 0 aromatic rings. The lowest BCUT2D eigenvalue weighted by Gasteiger charge is -2.05. The molecule has 21 heavy (non-hydrogen) atoms. The Morgan fingerprint density at radius 1 is 0.857 bits per heavy atom. The third-order valence-corrected chi connectivity index (χ3v) is 3.76. The minimum atomic E-state index is -0.257. The van der Waals surface area contributed by atoms with Crippen molar-refractivity contribution in [3.05, 3.63) is 12.2 Å². The summed E-state index contributed by atoms with van der Waals surface area (Å²) >= 11 is 0. The van der Waals surface area contributed by atoms with E-state index in [2.05, 4.69) is 20.4 Å². The van der Waals surface area contributed by atoms with Gasteiger partial charge >= 0.3 is 5.97 Å². The predicted molar refractivity (Wildman–Crippen MR) is 91.4 cm³/mol. The monoisotopic (exact) mass is 296 g/mol. The number of ether oxygens (including phenoxy) is 1. The first-order chi connectivity index (χ1) is 10.0. The second-order valence-electron chi connectivity index (χ2n) is 6.63. The van der Waals surface area contributed by atoms with Gasteiger partial charge in [0.15, 0.2) is 0 Å². The zero-order valence-electron chi connectivity index (χ0n) is 14.6. The van der Waals surface area contributed by atoms with Crippen molar-refractivity contribution in [3.8, 4) is 0 Å². The molecule has 0 aliphatic heterocycles. The van der Waals surface area contributed by atoms with Gasteiger partial charge in [0, 0.05) is 5.57 Å². The van der Waals surface area contributed by atoms with Gasteiger partial charge in [-0.1, -0.05) is 84.6 Å². The van der Waals surface area contributed by atoms with E-state index < -0.39 is 0 Å². The van der Waals surface area contributed by atoms with Crippen molar-refractivity contribution >= 4 is 5.97 Å². The van der Waals surface area contributed by atoms with Crippen LogP contribution in [0.2, 0.25) is 0 Å². The molecule has 0 saturated heterocycles. The Hall–Kier alpha value is -0.790. The summed E-state index contributed by atoms with van der Waals surface area (Å²) in [5.41, 5.74) is 0.489. The van der Waals surface area contributed by atoms with Crippen molar-refractivity contribution in [2.24, 2.45) is 5.92 Å². The Balaban J connectivity index is 3.09. The van der Waals surface area contributed by atoms with Crippen molar-refractivity contribution in [1.29, 1.82) is 0 Å². The van der Waals surface area contributed by atoms with Gasteiger partial charge in [-0.3, -0.25) is 0 Å². The molecule has 0 fully saturated rings. The van der Waals surface area contributed by atoms with E-state index in [9.17, 15) is 4.79 Å². The lowest BCUT2D eigenvalue weighted by Crippen LogP contribution is -2.05. The first-order valence-electron chi connectivity index (χ1n) is 8.86. The topological polar surface area (TPSA) is 26.3 Å². The van der Waals surface area contributed by atoms with Gasteiger partial charge in [0.1, 0.15) is 0 Å². The molecule has 2 nitrogen and oxygen atoms in total. The smallest absolute Gasteiger partial charge is 0.333 e. The molecular weight excluding hydrogens is 260 g/mol. The van der Waals surface area contributed by atoms with E-state index in [1.54, 1.807) is 6.92 Å². The molecule has 0 aromatic carbocycles. The van der Waals surface area contributed by atoms with E-state index in [1.165, 1.54) is 57.8 Å². The molecule has 0 aliphatic rings. The Morgan fingerprint density at radius 3 is 1.71 bits per heavy atom. The van der Waals surface area contributed by atoms with Crippen LogP contribution in [0.3, 0.4) is 0 Å². The number of unbranched alkanes of at least 4 members (excludes halogenated alkanes) is 9. The average molecular weight is 296 g/mol. The third-order valence-electron chi connectivity index (χ3n) is 3.76. The van der Waals surface area contributed by atoms with E-state index >= 15 is 0 Å². The van der Waals surface area contributed by atoms with Gasteiger partial charge < -0.3 is 4.74 Å². The zero-order chi connectivity index (χ0) is 15.9. The maximum absolute atomic E-state index is 11.1. The Bertz CT molecular complexity index is 269. The van der Waals surface area contributed by atoms with Gasteiger partial charge in [0.25, 0.3) is 0 Å². The zero-order valence-corrected chi connectivity index (χ0v) is 14.6. The molecular formula is C19H36O2. The molecule has 0 saturated carbocycles. The molecule has 0 aliphatic carbocycles. The SMILES string of the molecule is C=C(C)C(=O)OCCCCCCCCCCCCC(C)C. The maximum Gasteiger partial charge on any atom is 0.333 e. The van der Waals surface area contributed by atoms with Crippen molar-refractivity contribution in [2.45, 2.75) is 91.4 Å². The summed E-state index contributed by atoms with van der Waals surface area (Å²) in [6.45, 7) is 10.4. The second-order valence-corrected chi connectivity index (χ2v) is 6.63. The van der Waals surface area contributed by atoms with Gasteiger partial charge in [0.05, 0.1) is 6.61 Å². The van der Waals surface area contributed by atoms with Gasteiger partial charge in [-0.05, 0) is 19.3 Å². The van der Waals surface area contributed by atoms with Gasteiger partial charge in [0.2, 0.25) is 0 Å². The minimum Gasteiger partial charge on any atom is -0.462 e. The van der Waals surface area contributed by atoms with E-state index in [0.717, 1.165) is 18.8 Å². The highest BCUT2D eigenvalue weighted by atomic mass is 16.5. The van der Waals surface area contributed by atoms with Gasteiger partial charge in [-0.15, -0.1) is 0 Å². The van der Waals surface area contributed by atoms with E-state index in [-0.39, 0.29) is 5.97 Å². The van der Waals surface area contributed by atoms with Crippen LogP contribution >= 0.6 is 0 Å². The van der Waals surface area contributed by atoms with Crippen LogP contribution in [0.15, 0.2) is 12.2 Å². The van der Waals surface area contributed by atoms with E-state index in [1.807, 2.05) is 0 Å². The van der Waals surface area contributed by atoms with Crippen LogP contribution in [-0.2, 0) is 9.53 Å². The molecule has 0 amide bonds. The first kappa shape index (κ1) is 20.2. The standard InChI is InChI=1S/C19H36O2/c1-17(2)15-13-11-9-7-5-6-8-10-12-14-16-21-19(20)18(3)4/h17H,3,5-16H2,1-2,4H3. The summed E-state index contributed by atoms with van der Waals surface area (Å²) in [7, 11) is 0. The fourth-order valence-electron chi connectivity index (χ4n) is 2.36. The highest BCUT2D eigenvalue weighted by Crippen LogP contribution is 2.13. The molecule has 0 rings (SSSR count). The number of hydrogen-bond donors (Lipinski definition) is 0. The van der Waals surface area contributed by atoms with Crippen LogP contribution in [-0.4, -0.2) is 12.6 Å². The van der Waals surface area contributed by atoms with Crippen LogP contribution < -0.4 is 0 Å². The fourth-order valence-corrected chi connectivity index (χ4v) is 2.36. The molecule has 0 heterocycles. The molecule has 2 heteroatoms. The Labute approximate surface area is 132 Å². The van der Waals surface area contributed by atoms with Crippen LogP contribution in [0.4, 0.5) is 0 Å². The third kappa shape index (κ3) is 15.4. The maximum atomic E-state index is 11.1. The largest absolute Gasteiger partial charge is 0.462 e. The number of esters is 1. The van der Waals surface area contributed by atoms with Crippen LogP contribution in [0, 0.1) is 5.92 Å². The lowest BCUT2D eigenvalue weighted by molar-refractivity contribution is -0.139. The summed E-state index contributed by atoms with van der Waals surface area (Å²) in [5.74, 6) is 0.604. The summed E-state index contributed by atoms with van der Waals surface area (Å²) < 4.78 is 5.06. The van der Waals surface area contributed by atoms with E-state index in [0.29, 0.717) is 12.2 Å². The minimum absolute atomic E-state index is 0.257. The molecule has 0 bridgehead atoms. The number of carbonyl (C=O) groups is 1. The second kappa shape index (κ2) is 14.2. The summed E-state index contributed by atoms with van der Waals surface area (Å²) in [5, 5.41) is 0. The Kier molecular flexibility index (Phi) is 13.6. The van der Waals surface area contributed by atoms with Crippen molar-refractivity contribution in [3.63, 3.8) is 0 Å². The number of rotatable bonds is 14. The molecule has 0 unspecified atom stereocenters. The van der Waals surface area contributed by atoms with Crippen molar-refractivity contribution < 1.29 is 9.53 Å². The van der Waals surface area contributed by atoms with E-state index in [4.69, 9.17) is 4.74 Å². The van der Waals surface area contributed by atoms with Crippen molar-refractivity contribution in [1.82, 2.24) is 0 Å². The summed E-state index contributed by atoms with van der Waals surface area (Å²) in [6, 6.07) is 0. The summed E-state index contributed by atoms with van der Waals surface area (Å²) in [4.78, 5) is 11.1. The first-order valence-corrected chi connectivity index (χ1v) is 8.86. The normalized spacial score (nSPS) is 10.9.